The summed E-state index contributed by atoms with van der Waals surface area (Å²) in [4.78, 5) is 61.2. The lowest BCUT2D eigenvalue weighted by molar-refractivity contribution is -0.145. The summed E-state index contributed by atoms with van der Waals surface area (Å²) in [5, 5.41) is 6.04. The van der Waals surface area contributed by atoms with E-state index in [1.165, 1.54) is 31.9 Å². The number of rotatable bonds is 9. The largest absolute Gasteiger partial charge is 0.342 e. The molecule has 3 aliphatic rings. The molecule has 4 amide bonds. The molecule has 2 atom stereocenters. The maximum absolute atomic E-state index is 13.7. The maximum Gasteiger partial charge on any atom is 0.248 e. The van der Waals surface area contributed by atoms with Crippen LogP contribution in [0.5, 0.6) is 0 Å². The zero-order valence-electron chi connectivity index (χ0n) is 24.7. The summed E-state index contributed by atoms with van der Waals surface area (Å²) in [6.07, 6.45) is 7.89. The monoisotopic (exact) mass is 608 g/mol. The lowest BCUT2D eigenvalue weighted by Gasteiger charge is -2.49. The van der Waals surface area contributed by atoms with Gasteiger partial charge < -0.3 is 26.2 Å². The van der Waals surface area contributed by atoms with Gasteiger partial charge in [0.1, 0.15) is 17.9 Å². The number of anilines is 1. The van der Waals surface area contributed by atoms with Crippen molar-refractivity contribution in [3.63, 3.8) is 0 Å². The van der Waals surface area contributed by atoms with Crippen LogP contribution in [0, 0.1) is 12.3 Å². The molecule has 0 radical (unpaired) electrons. The SMILES string of the molecule is Cc1cc(NC(=O)[C@H](CCN)NC(=O)[C@@H]2Cc3ccccc3CN2C(=O)CCC(=O)N2CCCC3(CCC3)C2)ncc1Cl. The molecule has 5 rings (SSSR count). The van der Waals surface area contributed by atoms with Crippen molar-refractivity contribution in [3.8, 4) is 0 Å². The molecule has 11 heteroatoms. The number of carbonyl (C=O) groups excluding carboxylic acids is 4. The first-order chi connectivity index (χ1) is 20.7. The summed E-state index contributed by atoms with van der Waals surface area (Å²) in [6, 6.07) is 7.62. The van der Waals surface area contributed by atoms with Gasteiger partial charge in [-0.2, -0.15) is 0 Å². The molecule has 1 aliphatic carbocycles. The van der Waals surface area contributed by atoms with Crippen LogP contribution >= 0.6 is 11.6 Å². The fourth-order valence-electron chi connectivity index (χ4n) is 6.56. The van der Waals surface area contributed by atoms with Gasteiger partial charge >= 0.3 is 0 Å². The van der Waals surface area contributed by atoms with Crippen LogP contribution < -0.4 is 16.4 Å². The van der Waals surface area contributed by atoms with Gasteiger partial charge in [0.2, 0.25) is 23.6 Å². The molecule has 10 nitrogen and oxygen atoms in total. The van der Waals surface area contributed by atoms with Gasteiger partial charge in [-0.3, -0.25) is 19.2 Å². The van der Waals surface area contributed by atoms with Crippen LogP contribution in [0.3, 0.4) is 0 Å². The average molecular weight is 609 g/mol. The van der Waals surface area contributed by atoms with E-state index in [1.54, 1.807) is 17.9 Å². The van der Waals surface area contributed by atoms with Crippen molar-refractivity contribution in [2.45, 2.75) is 83.3 Å². The molecule has 230 valence electrons. The maximum atomic E-state index is 13.7. The van der Waals surface area contributed by atoms with Crippen LogP contribution in [0.15, 0.2) is 36.5 Å². The second-order valence-corrected chi connectivity index (χ2v) is 12.6. The molecule has 43 heavy (non-hydrogen) atoms. The number of nitrogens with zero attached hydrogens (tertiary/aromatic N) is 3. The summed E-state index contributed by atoms with van der Waals surface area (Å²) in [5.41, 5.74) is 8.77. The van der Waals surface area contributed by atoms with E-state index >= 15 is 0 Å². The Morgan fingerprint density at radius 2 is 1.81 bits per heavy atom. The molecule has 2 aromatic rings. The smallest absolute Gasteiger partial charge is 0.248 e. The predicted molar refractivity (Wildman–Crippen MR) is 164 cm³/mol. The molecular weight excluding hydrogens is 568 g/mol. The average Bonchev–Trinajstić information content (AvgIpc) is 2.99. The van der Waals surface area contributed by atoms with Crippen LogP contribution in [0.4, 0.5) is 5.82 Å². The van der Waals surface area contributed by atoms with E-state index in [1.807, 2.05) is 29.2 Å². The molecule has 2 aliphatic heterocycles. The zero-order valence-corrected chi connectivity index (χ0v) is 25.5. The van der Waals surface area contributed by atoms with E-state index in [4.69, 9.17) is 17.3 Å². The van der Waals surface area contributed by atoms with Gasteiger partial charge in [-0.25, -0.2) is 4.98 Å². The van der Waals surface area contributed by atoms with E-state index in [-0.39, 0.29) is 49.6 Å². The first kappa shape index (κ1) is 30.9. The number of aryl methyl sites for hydroxylation is 1. The minimum atomic E-state index is -0.927. The van der Waals surface area contributed by atoms with Crippen molar-refractivity contribution in [2.75, 3.05) is 25.0 Å². The standard InChI is InChI=1S/C32H41ClN6O4/c1-21-16-27(35-18-24(21)33)37-30(42)25(10-14-34)36-31(43)26-17-22-6-2-3-7-23(22)19-39(26)29(41)9-8-28(40)38-15-5-13-32(20-38)11-4-12-32/h2-3,6-7,16,18,25-26H,4-5,8-15,17,19-20,34H2,1H3,(H,36,43)(H,35,37,42)/t25-,26-/m0/s1. The topological polar surface area (TPSA) is 138 Å². The Balaban J connectivity index is 1.26. The molecular formula is C32H41ClN6O4. The van der Waals surface area contributed by atoms with E-state index in [0.29, 0.717) is 17.3 Å². The van der Waals surface area contributed by atoms with Crippen LogP contribution in [0.2, 0.25) is 5.02 Å². The van der Waals surface area contributed by atoms with Gasteiger partial charge in [0.05, 0.1) is 5.02 Å². The molecule has 1 saturated heterocycles. The number of pyridine rings is 1. The van der Waals surface area contributed by atoms with Crippen LogP contribution in [-0.4, -0.2) is 70.1 Å². The third-order valence-electron chi connectivity index (χ3n) is 9.24. The molecule has 1 spiro atoms. The Kier molecular flexibility index (Phi) is 9.66. The number of hydrogen-bond acceptors (Lipinski definition) is 6. The Hall–Kier alpha value is -3.50. The Morgan fingerprint density at radius 3 is 2.51 bits per heavy atom. The van der Waals surface area contributed by atoms with E-state index in [9.17, 15) is 19.2 Å². The number of aromatic nitrogens is 1. The van der Waals surface area contributed by atoms with Crippen molar-refractivity contribution >= 4 is 41.0 Å². The quantitative estimate of drug-likeness (QED) is 0.399. The van der Waals surface area contributed by atoms with Crippen LogP contribution in [0.25, 0.3) is 0 Å². The van der Waals surface area contributed by atoms with E-state index < -0.39 is 23.9 Å². The first-order valence-electron chi connectivity index (χ1n) is 15.3. The van der Waals surface area contributed by atoms with Crippen molar-refractivity contribution in [1.29, 1.82) is 0 Å². The lowest BCUT2D eigenvalue weighted by Crippen LogP contribution is -2.56. The minimum absolute atomic E-state index is 0.00321. The van der Waals surface area contributed by atoms with Gasteiger partial charge in [-0.1, -0.05) is 42.3 Å². The number of nitrogens with one attached hydrogen (secondary N) is 2. The van der Waals surface area contributed by atoms with Crippen molar-refractivity contribution in [2.24, 2.45) is 11.1 Å². The molecule has 1 aromatic heterocycles. The molecule has 0 unspecified atom stereocenters. The molecule has 4 N–H and O–H groups in total. The Labute approximate surface area is 257 Å². The first-order valence-corrected chi connectivity index (χ1v) is 15.6. The predicted octanol–water partition coefficient (Wildman–Crippen LogP) is 3.34. The van der Waals surface area contributed by atoms with Crippen LogP contribution in [-0.2, 0) is 32.1 Å². The van der Waals surface area contributed by atoms with Crippen LogP contribution in [0.1, 0.15) is 68.1 Å². The summed E-state index contributed by atoms with van der Waals surface area (Å²) in [5.74, 6) is -0.833. The van der Waals surface area contributed by atoms with Crippen molar-refractivity contribution in [1.82, 2.24) is 20.1 Å². The normalized spacial score (nSPS) is 19.7. The fourth-order valence-corrected chi connectivity index (χ4v) is 6.67. The van der Waals surface area contributed by atoms with E-state index in [2.05, 4.69) is 15.6 Å². The van der Waals surface area contributed by atoms with Gasteiger partial charge in [-0.15, -0.1) is 0 Å². The highest BCUT2D eigenvalue weighted by Gasteiger charge is 2.42. The molecule has 1 aromatic carbocycles. The second-order valence-electron chi connectivity index (χ2n) is 12.2. The number of hydrogen-bond donors (Lipinski definition) is 3. The second kappa shape index (κ2) is 13.4. The number of halogens is 1. The Bertz CT molecular complexity index is 1380. The number of likely N-dealkylation sites (tertiary alicyclic amines) is 1. The minimum Gasteiger partial charge on any atom is -0.342 e. The zero-order chi connectivity index (χ0) is 30.6. The molecule has 3 heterocycles. The van der Waals surface area contributed by atoms with Gasteiger partial charge in [0, 0.05) is 45.1 Å². The van der Waals surface area contributed by atoms with Crippen molar-refractivity contribution < 1.29 is 19.2 Å². The molecule has 2 fully saturated rings. The van der Waals surface area contributed by atoms with Crippen molar-refractivity contribution in [3.05, 3.63) is 58.2 Å². The summed E-state index contributed by atoms with van der Waals surface area (Å²) < 4.78 is 0. The van der Waals surface area contributed by atoms with E-state index in [0.717, 1.165) is 36.2 Å². The third kappa shape index (κ3) is 7.18. The number of nitrogens with two attached hydrogens (primary N) is 1. The summed E-state index contributed by atoms with van der Waals surface area (Å²) >= 11 is 6.06. The highest BCUT2D eigenvalue weighted by Crippen LogP contribution is 2.47. The number of carbonyl (C=O) groups is 4. The lowest BCUT2D eigenvalue weighted by atomic mass is 9.64. The summed E-state index contributed by atoms with van der Waals surface area (Å²) in [7, 11) is 0. The van der Waals surface area contributed by atoms with Gasteiger partial charge in [0.15, 0.2) is 0 Å². The molecule has 1 saturated carbocycles. The summed E-state index contributed by atoms with van der Waals surface area (Å²) in [6.45, 7) is 3.76. The van der Waals surface area contributed by atoms with Gasteiger partial charge in [-0.05, 0) is 73.7 Å². The number of fused-ring (bicyclic) bond motifs is 1. The number of amides is 4. The number of piperidine rings is 1. The fraction of sp³-hybridized carbons (Fsp3) is 0.531. The highest BCUT2D eigenvalue weighted by molar-refractivity contribution is 6.31. The molecule has 0 bridgehead atoms. The Morgan fingerprint density at radius 1 is 1.09 bits per heavy atom. The van der Waals surface area contributed by atoms with Gasteiger partial charge in [0.25, 0.3) is 0 Å². The highest BCUT2D eigenvalue weighted by atomic mass is 35.5. The third-order valence-corrected chi connectivity index (χ3v) is 9.63. The number of benzene rings is 1.